The van der Waals surface area contributed by atoms with Crippen LogP contribution in [0.5, 0.6) is 11.5 Å². The Kier molecular flexibility index (Phi) is 6.72. The van der Waals surface area contributed by atoms with Crippen LogP contribution in [-0.2, 0) is 0 Å². The van der Waals surface area contributed by atoms with Gasteiger partial charge in [-0.3, -0.25) is 0 Å². The van der Waals surface area contributed by atoms with Crippen molar-refractivity contribution in [1.82, 2.24) is 15.5 Å². The largest absolute Gasteiger partial charge is 0.497 e. The van der Waals surface area contributed by atoms with E-state index in [2.05, 4.69) is 31.0 Å². The molecule has 0 bridgehead atoms. The van der Waals surface area contributed by atoms with Gasteiger partial charge in [0.05, 0.1) is 26.1 Å². The van der Waals surface area contributed by atoms with E-state index in [9.17, 15) is 4.79 Å². The highest BCUT2D eigenvalue weighted by Gasteiger charge is 2.13. The van der Waals surface area contributed by atoms with Gasteiger partial charge in [-0.05, 0) is 12.8 Å². The molecule has 0 saturated carbocycles. The summed E-state index contributed by atoms with van der Waals surface area (Å²) in [4.78, 5) is 14.4. The maximum atomic E-state index is 12.1. The molecule has 0 spiro atoms. The van der Waals surface area contributed by atoms with Gasteiger partial charge in [0.1, 0.15) is 11.5 Å². The molecule has 3 rings (SSSR count). The van der Waals surface area contributed by atoms with Crippen molar-refractivity contribution in [2.45, 2.75) is 12.8 Å². The molecule has 0 radical (unpaired) electrons. The quantitative estimate of drug-likeness (QED) is 0.599. The van der Waals surface area contributed by atoms with Crippen molar-refractivity contribution in [2.24, 2.45) is 0 Å². The minimum atomic E-state index is -0.311. The summed E-state index contributed by atoms with van der Waals surface area (Å²) in [6.45, 7) is 3.08. The maximum Gasteiger partial charge on any atom is 0.319 e. The molecule has 28 heavy (non-hydrogen) atoms. The van der Waals surface area contributed by atoms with Crippen LogP contribution in [0.3, 0.4) is 0 Å². The van der Waals surface area contributed by atoms with Crippen molar-refractivity contribution in [3.63, 3.8) is 0 Å². The number of ether oxygens (including phenoxy) is 2. The Morgan fingerprint density at radius 3 is 2.46 bits per heavy atom. The molecule has 1 saturated heterocycles. The summed E-state index contributed by atoms with van der Waals surface area (Å²) in [5, 5.41) is 16.9. The highest BCUT2D eigenvalue weighted by atomic mass is 16.5. The van der Waals surface area contributed by atoms with Crippen molar-refractivity contribution in [3.05, 3.63) is 30.5 Å². The highest BCUT2D eigenvalue weighted by molar-refractivity contribution is 5.89. The van der Waals surface area contributed by atoms with E-state index >= 15 is 0 Å². The molecular weight excluding hydrogens is 360 g/mol. The number of hydrogen-bond donors (Lipinski definition) is 3. The topological polar surface area (TPSA) is 101 Å². The summed E-state index contributed by atoms with van der Waals surface area (Å²) in [7, 11) is 3.12. The van der Waals surface area contributed by atoms with E-state index in [1.54, 1.807) is 38.6 Å². The predicted octanol–water partition coefficient (Wildman–Crippen LogP) is 2.33. The number of rotatable bonds is 8. The van der Waals surface area contributed by atoms with E-state index in [0.717, 1.165) is 18.8 Å². The Bertz CT molecular complexity index is 773. The summed E-state index contributed by atoms with van der Waals surface area (Å²) in [6, 6.07) is 6.86. The van der Waals surface area contributed by atoms with Gasteiger partial charge in [0, 0.05) is 56.1 Å². The molecule has 2 amide bonds. The van der Waals surface area contributed by atoms with Crippen LogP contribution >= 0.6 is 0 Å². The van der Waals surface area contributed by atoms with E-state index in [4.69, 9.17) is 9.47 Å². The van der Waals surface area contributed by atoms with E-state index < -0.39 is 0 Å². The van der Waals surface area contributed by atoms with Crippen LogP contribution in [0.2, 0.25) is 0 Å². The number of carbonyl (C=O) groups excluding carboxylic acids is 1. The average Bonchev–Trinajstić information content (AvgIpc) is 3.26. The van der Waals surface area contributed by atoms with Crippen LogP contribution in [-0.4, -0.2) is 56.6 Å². The molecule has 9 nitrogen and oxygen atoms in total. The molecule has 2 aromatic rings. The van der Waals surface area contributed by atoms with E-state index in [-0.39, 0.29) is 6.03 Å². The molecule has 150 valence electrons. The number of methoxy groups -OCH3 is 2. The number of nitrogens with one attached hydrogen (secondary N) is 3. The lowest BCUT2D eigenvalue weighted by atomic mass is 10.3. The fourth-order valence-corrected chi connectivity index (χ4v) is 3.01. The third-order valence-corrected chi connectivity index (χ3v) is 4.44. The summed E-state index contributed by atoms with van der Waals surface area (Å²) in [6.07, 6.45) is 4.21. The fraction of sp³-hybridized carbons (Fsp3) is 0.421. The summed E-state index contributed by atoms with van der Waals surface area (Å²) >= 11 is 0. The van der Waals surface area contributed by atoms with Gasteiger partial charge in [-0.2, -0.15) is 5.10 Å². The number of carbonyl (C=O) groups is 1. The molecule has 1 aliphatic heterocycles. The first-order valence-corrected chi connectivity index (χ1v) is 9.27. The van der Waals surface area contributed by atoms with Crippen molar-refractivity contribution in [2.75, 3.05) is 55.9 Å². The Hall–Kier alpha value is -3.23. The number of nitrogens with zero attached hydrogens (tertiary/aromatic N) is 3. The normalized spacial score (nSPS) is 13.1. The van der Waals surface area contributed by atoms with Crippen LogP contribution in [0.25, 0.3) is 0 Å². The molecule has 9 heteroatoms. The number of hydrogen-bond acceptors (Lipinski definition) is 7. The zero-order chi connectivity index (χ0) is 19.8. The molecule has 3 N–H and O–H groups in total. The van der Waals surface area contributed by atoms with Crippen LogP contribution in [0.4, 0.5) is 22.0 Å². The van der Waals surface area contributed by atoms with Crippen molar-refractivity contribution in [3.8, 4) is 11.5 Å². The van der Waals surface area contributed by atoms with Crippen LogP contribution in [0, 0.1) is 0 Å². The second-order valence-electron chi connectivity index (χ2n) is 6.40. The smallest absolute Gasteiger partial charge is 0.319 e. The SMILES string of the molecule is COc1cc(NC(=O)NCCNc2cc(N3CCCC3)cnn2)cc(OC)c1. The lowest BCUT2D eigenvalue weighted by molar-refractivity contribution is 0.252. The van der Waals surface area contributed by atoms with Gasteiger partial charge in [-0.15, -0.1) is 5.10 Å². The Morgan fingerprint density at radius 1 is 1.07 bits per heavy atom. The lowest BCUT2D eigenvalue weighted by Crippen LogP contribution is -2.32. The van der Waals surface area contributed by atoms with Gasteiger partial charge in [0.25, 0.3) is 0 Å². The molecule has 0 unspecified atom stereocenters. The lowest BCUT2D eigenvalue weighted by Gasteiger charge is -2.17. The molecule has 1 aromatic heterocycles. The van der Waals surface area contributed by atoms with Gasteiger partial charge in [0.2, 0.25) is 0 Å². The number of benzene rings is 1. The summed E-state index contributed by atoms with van der Waals surface area (Å²) in [5.74, 6) is 1.91. The van der Waals surface area contributed by atoms with Crippen molar-refractivity contribution in [1.29, 1.82) is 0 Å². The van der Waals surface area contributed by atoms with Crippen molar-refractivity contribution < 1.29 is 14.3 Å². The Labute approximate surface area is 164 Å². The molecular formula is C19H26N6O3. The zero-order valence-corrected chi connectivity index (χ0v) is 16.2. The fourth-order valence-electron chi connectivity index (χ4n) is 3.01. The number of aromatic nitrogens is 2. The summed E-state index contributed by atoms with van der Waals surface area (Å²) in [5.41, 5.74) is 1.67. The maximum absolute atomic E-state index is 12.1. The van der Waals surface area contributed by atoms with Gasteiger partial charge in [0.15, 0.2) is 5.82 Å². The molecule has 1 aromatic carbocycles. The monoisotopic (exact) mass is 386 g/mol. The first-order chi connectivity index (χ1) is 13.7. The first-order valence-electron chi connectivity index (χ1n) is 9.27. The summed E-state index contributed by atoms with van der Waals surface area (Å²) < 4.78 is 10.4. The molecule has 1 aliphatic rings. The first kappa shape index (κ1) is 19.5. The Morgan fingerprint density at radius 2 is 1.79 bits per heavy atom. The Balaban J connectivity index is 1.44. The van der Waals surface area contributed by atoms with Gasteiger partial charge < -0.3 is 30.3 Å². The van der Waals surface area contributed by atoms with Crippen LogP contribution < -0.4 is 30.3 Å². The third-order valence-electron chi connectivity index (χ3n) is 4.44. The van der Waals surface area contributed by atoms with E-state index in [1.165, 1.54) is 12.8 Å². The standard InChI is InChI=1S/C19H26N6O3/c1-27-16-9-14(10-17(12-16)28-2)23-19(26)21-6-5-20-18-11-15(13-22-24-18)25-7-3-4-8-25/h9-13H,3-8H2,1-2H3,(H,20,24)(H2,21,23,26). The zero-order valence-electron chi connectivity index (χ0n) is 16.2. The molecule has 1 fully saturated rings. The van der Waals surface area contributed by atoms with E-state index in [0.29, 0.717) is 36.1 Å². The highest BCUT2D eigenvalue weighted by Crippen LogP contribution is 2.25. The molecule has 2 heterocycles. The van der Waals surface area contributed by atoms with Gasteiger partial charge >= 0.3 is 6.03 Å². The van der Waals surface area contributed by atoms with Crippen LogP contribution in [0.1, 0.15) is 12.8 Å². The van der Waals surface area contributed by atoms with Gasteiger partial charge in [-0.25, -0.2) is 4.79 Å². The van der Waals surface area contributed by atoms with Crippen LogP contribution in [0.15, 0.2) is 30.5 Å². The molecule has 0 atom stereocenters. The third kappa shape index (κ3) is 5.38. The minimum Gasteiger partial charge on any atom is -0.497 e. The second kappa shape index (κ2) is 9.63. The minimum absolute atomic E-state index is 0.311. The second-order valence-corrected chi connectivity index (χ2v) is 6.40. The molecule has 0 aliphatic carbocycles. The average molecular weight is 386 g/mol. The number of anilines is 3. The predicted molar refractivity (Wildman–Crippen MR) is 109 cm³/mol. The van der Waals surface area contributed by atoms with Gasteiger partial charge in [-0.1, -0.05) is 0 Å². The van der Waals surface area contributed by atoms with Crippen molar-refractivity contribution >= 4 is 23.2 Å². The van der Waals surface area contributed by atoms with E-state index in [1.807, 2.05) is 6.07 Å². The number of urea groups is 1. The number of amides is 2.